The van der Waals surface area contributed by atoms with E-state index in [1.807, 2.05) is 38.1 Å². The van der Waals surface area contributed by atoms with Crippen LogP contribution in [-0.2, 0) is 11.3 Å². The van der Waals surface area contributed by atoms with Gasteiger partial charge in [0.05, 0.1) is 17.4 Å². The van der Waals surface area contributed by atoms with Crippen LogP contribution in [0.3, 0.4) is 0 Å². The van der Waals surface area contributed by atoms with E-state index in [1.165, 1.54) is 0 Å². The maximum absolute atomic E-state index is 13.4. The second-order valence-electron chi connectivity index (χ2n) is 12.7. The number of hydrogen-bond donors (Lipinski definition) is 3. The van der Waals surface area contributed by atoms with Crippen LogP contribution in [0.15, 0.2) is 48.5 Å². The number of carbonyl (C=O) groups excluding carboxylic acids is 2. The molecule has 2 aliphatic rings. The molecule has 2 fully saturated rings. The lowest BCUT2D eigenvalue weighted by molar-refractivity contribution is -0.154. The average Bonchev–Trinajstić information content (AvgIpc) is 3.03. The van der Waals surface area contributed by atoms with E-state index in [0.29, 0.717) is 50.0 Å². The molecule has 2 bridgehead atoms. The molecular formula is C32H37BrF3N7O4. The number of alkyl halides is 4. The fourth-order valence-corrected chi connectivity index (χ4v) is 5.87. The van der Waals surface area contributed by atoms with Crippen molar-refractivity contribution in [3.8, 4) is 11.8 Å². The number of piperidine rings is 2. The van der Waals surface area contributed by atoms with Gasteiger partial charge in [-0.15, -0.1) is 0 Å². The van der Waals surface area contributed by atoms with Crippen LogP contribution in [0.2, 0.25) is 0 Å². The number of nitrogens with zero attached hydrogens (tertiary/aromatic N) is 4. The summed E-state index contributed by atoms with van der Waals surface area (Å²) < 4.78 is 49.2. The standard InChI is InChI=1S/C32H37BrF3N7O4/c1-20(12-33)14-46-24-10-4-21(5-11-24)13-38-27-40-28(42-29(41-27)47-19-32(34,35)36)39-23-8-6-22(7-9-23)25(44)43-17-30(2)15-37-16-31(3,18-43)26(30)45/h4-11,20,37H,12-19H2,1-3H3,(H2,38,39,40,41,42)/t20-,30?,31?/m0/s1. The number of ether oxygens (including phenoxy) is 2. The zero-order valence-corrected chi connectivity index (χ0v) is 27.9. The molecule has 2 aliphatic heterocycles. The van der Waals surface area contributed by atoms with Gasteiger partial charge < -0.3 is 30.3 Å². The van der Waals surface area contributed by atoms with Crippen molar-refractivity contribution >= 4 is 45.2 Å². The molecule has 47 heavy (non-hydrogen) atoms. The molecule has 11 nitrogen and oxygen atoms in total. The maximum Gasteiger partial charge on any atom is 0.422 e. The highest BCUT2D eigenvalue weighted by Crippen LogP contribution is 2.39. The number of hydrogen-bond acceptors (Lipinski definition) is 10. The molecule has 1 amide bonds. The third-order valence-electron chi connectivity index (χ3n) is 8.03. The van der Waals surface area contributed by atoms with Gasteiger partial charge in [0.15, 0.2) is 12.4 Å². The molecule has 2 saturated heterocycles. The van der Waals surface area contributed by atoms with Crippen molar-refractivity contribution in [3.63, 3.8) is 0 Å². The predicted octanol–water partition coefficient (Wildman–Crippen LogP) is 5.22. The van der Waals surface area contributed by atoms with E-state index in [-0.39, 0.29) is 30.1 Å². The number of Topliss-reactive ketones (excluding diaryl/α,β-unsaturated/α-hetero) is 1. The third-order valence-corrected chi connectivity index (χ3v) is 9.14. The number of likely N-dealkylation sites (tertiary alicyclic amines) is 1. The Morgan fingerprint density at radius 3 is 2.26 bits per heavy atom. The molecule has 252 valence electrons. The van der Waals surface area contributed by atoms with Crippen LogP contribution in [0.25, 0.3) is 0 Å². The fraction of sp³-hybridized carbons (Fsp3) is 0.469. The van der Waals surface area contributed by atoms with E-state index in [2.05, 4.69) is 53.8 Å². The highest BCUT2D eigenvalue weighted by atomic mass is 79.9. The Morgan fingerprint density at radius 2 is 1.64 bits per heavy atom. The minimum absolute atomic E-state index is 0.000354. The molecule has 3 aromatic rings. The molecule has 15 heteroatoms. The summed E-state index contributed by atoms with van der Waals surface area (Å²) in [6, 6.07) is 13.4. The normalized spacial score (nSPS) is 21.6. The van der Waals surface area contributed by atoms with Crippen molar-refractivity contribution in [2.45, 2.75) is 33.5 Å². The summed E-state index contributed by atoms with van der Waals surface area (Å²) in [5.41, 5.74) is 0.480. The predicted molar refractivity (Wildman–Crippen MR) is 173 cm³/mol. The molecular weight excluding hydrogens is 683 g/mol. The van der Waals surface area contributed by atoms with E-state index in [1.54, 1.807) is 29.2 Å². The zero-order chi connectivity index (χ0) is 33.8. The first-order valence-electron chi connectivity index (χ1n) is 15.1. The topological polar surface area (TPSA) is 131 Å². The van der Waals surface area contributed by atoms with Gasteiger partial charge in [0.1, 0.15) is 5.75 Å². The van der Waals surface area contributed by atoms with E-state index in [0.717, 1.165) is 16.6 Å². The lowest BCUT2D eigenvalue weighted by atomic mass is 9.65. The lowest BCUT2D eigenvalue weighted by Gasteiger charge is -2.52. The number of carbonyl (C=O) groups is 2. The number of benzene rings is 2. The second-order valence-corrected chi connectivity index (χ2v) is 13.3. The number of halogens is 4. The molecule has 1 aromatic heterocycles. The molecule has 3 atom stereocenters. The minimum atomic E-state index is -4.59. The second kappa shape index (κ2) is 14.0. The first-order chi connectivity index (χ1) is 22.2. The van der Waals surface area contributed by atoms with Crippen molar-refractivity contribution in [1.29, 1.82) is 0 Å². The highest BCUT2D eigenvalue weighted by Gasteiger charge is 2.54. The molecule has 2 unspecified atom stereocenters. The Kier molecular flexibility index (Phi) is 10.2. The third kappa shape index (κ3) is 8.69. The molecule has 5 rings (SSSR count). The summed E-state index contributed by atoms with van der Waals surface area (Å²) in [6.07, 6.45) is -4.59. The largest absolute Gasteiger partial charge is 0.493 e. The molecule has 2 aromatic carbocycles. The van der Waals surface area contributed by atoms with Gasteiger partial charge in [-0.05, 0) is 61.7 Å². The fourth-order valence-electron chi connectivity index (χ4n) is 5.68. The van der Waals surface area contributed by atoms with Gasteiger partial charge in [0.25, 0.3) is 5.91 Å². The molecule has 3 N–H and O–H groups in total. The monoisotopic (exact) mass is 719 g/mol. The van der Waals surface area contributed by atoms with Crippen molar-refractivity contribution in [2.24, 2.45) is 16.7 Å². The molecule has 0 radical (unpaired) electrons. The van der Waals surface area contributed by atoms with Crippen LogP contribution >= 0.6 is 15.9 Å². The summed E-state index contributed by atoms with van der Waals surface area (Å²) in [6.45, 7) is 6.79. The summed E-state index contributed by atoms with van der Waals surface area (Å²) in [4.78, 5) is 40.5. The van der Waals surface area contributed by atoms with Gasteiger partial charge >= 0.3 is 12.2 Å². The van der Waals surface area contributed by atoms with Crippen LogP contribution in [0, 0.1) is 16.7 Å². The number of anilines is 3. The Balaban J connectivity index is 1.26. The Bertz CT molecular complexity index is 1560. The summed E-state index contributed by atoms with van der Waals surface area (Å²) in [7, 11) is 0. The van der Waals surface area contributed by atoms with E-state index < -0.39 is 29.6 Å². The summed E-state index contributed by atoms with van der Waals surface area (Å²) in [5, 5.41) is 10.1. The number of ketones is 1. The van der Waals surface area contributed by atoms with Crippen molar-refractivity contribution in [3.05, 3.63) is 59.7 Å². The zero-order valence-electron chi connectivity index (χ0n) is 26.3. The van der Waals surface area contributed by atoms with Gasteiger partial charge in [-0.2, -0.15) is 28.1 Å². The average molecular weight is 721 g/mol. The van der Waals surface area contributed by atoms with E-state index in [9.17, 15) is 22.8 Å². The first-order valence-corrected chi connectivity index (χ1v) is 16.3. The highest BCUT2D eigenvalue weighted by molar-refractivity contribution is 9.09. The minimum Gasteiger partial charge on any atom is -0.493 e. The quantitative estimate of drug-likeness (QED) is 0.214. The van der Waals surface area contributed by atoms with E-state index >= 15 is 0 Å². The van der Waals surface area contributed by atoms with Gasteiger partial charge in [-0.3, -0.25) is 9.59 Å². The smallest absolute Gasteiger partial charge is 0.422 e. The summed E-state index contributed by atoms with van der Waals surface area (Å²) in [5.74, 6) is 1.01. The van der Waals surface area contributed by atoms with Crippen LogP contribution in [0.4, 0.5) is 30.8 Å². The Morgan fingerprint density at radius 1 is 1.00 bits per heavy atom. The van der Waals surface area contributed by atoms with E-state index in [4.69, 9.17) is 9.47 Å². The molecule has 0 saturated carbocycles. The van der Waals surface area contributed by atoms with Crippen LogP contribution < -0.4 is 25.4 Å². The number of fused-ring (bicyclic) bond motifs is 2. The Labute approximate surface area is 279 Å². The van der Waals surface area contributed by atoms with Crippen molar-refractivity contribution in [1.82, 2.24) is 25.2 Å². The number of rotatable bonds is 12. The van der Waals surface area contributed by atoms with Crippen LogP contribution in [0.5, 0.6) is 11.8 Å². The molecule has 3 heterocycles. The SMILES string of the molecule is C[C@@H](CBr)COc1ccc(CNc2nc(Nc3ccc(C(=O)N4CC5(C)CNCC(C)(C4)C5=O)cc3)nc(OCC(F)(F)F)n2)cc1. The molecule has 0 spiro atoms. The van der Waals surface area contributed by atoms with Crippen molar-refractivity contribution < 1.29 is 32.2 Å². The number of nitrogens with one attached hydrogen (secondary N) is 3. The van der Waals surface area contributed by atoms with Crippen LogP contribution in [0.1, 0.15) is 36.7 Å². The first kappa shape index (κ1) is 34.4. The summed E-state index contributed by atoms with van der Waals surface area (Å²) >= 11 is 3.43. The molecule has 0 aliphatic carbocycles. The van der Waals surface area contributed by atoms with Gasteiger partial charge in [0, 0.05) is 49.3 Å². The van der Waals surface area contributed by atoms with Gasteiger partial charge in [-0.1, -0.05) is 35.0 Å². The number of aromatic nitrogens is 3. The van der Waals surface area contributed by atoms with Crippen LogP contribution in [-0.4, -0.2) is 82.4 Å². The van der Waals surface area contributed by atoms with Gasteiger partial charge in [-0.25, -0.2) is 0 Å². The number of amides is 1. The lowest BCUT2D eigenvalue weighted by Crippen LogP contribution is -2.68. The Hall–Kier alpha value is -3.98. The van der Waals surface area contributed by atoms with Crippen molar-refractivity contribution in [2.75, 3.05) is 55.4 Å². The maximum atomic E-state index is 13.4. The van der Waals surface area contributed by atoms with Gasteiger partial charge in [0.2, 0.25) is 11.9 Å².